The highest BCUT2D eigenvalue weighted by Gasteiger charge is 2.19. The van der Waals surface area contributed by atoms with Crippen molar-refractivity contribution in [2.45, 2.75) is 6.92 Å². The summed E-state index contributed by atoms with van der Waals surface area (Å²) in [4.78, 5) is 7.85. The van der Waals surface area contributed by atoms with Crippen LogP contribution in [0.4, 0.5) is 34.9 Å². The van der Waals surface area contributed by atoms with Gasteiger partial charge in [-0.05, 0) is 6.92 Å². The van der Waals surface area contributed by atoms with Crippen LogP contribution >= 0.6 is 0 Å². The molecule has 0 atom stereocenters. The summed E-state index contributed by atoms with van der Waals surface area (Å²) in [5.74, 6) is -5.33. The van der Waals surface area contributed by atoms with Gasteiger partial charge in [-0.2, -0.15) is 0 Å². The van der Waals surface area contributed by atoms with Crippen LogP contribution in [0.3, 0.4) is 0 Å². The summed E-state index contributed by atoms with van der Waals surface area (Å²) in [6, 6.07) is 1.48. The fourth-order valence-electron chi connectivity index (χ4n) is 1.57. The Morgan fingerprint density at radius 2 is 1.45 bits per heavy atom. The van der Waals surface area contributed by atoms with E-state index in [2.05, 4.69) is 20.6 Å². The van der Waals surface area contributed by atoms with Gasteiger partial charge in [0.1, 0.15) is 23.1 Å². The normalized spacial score (nSPS) is 10.5. The van der Waals surface area contributed by atoms with Crippen LogP contribution in [0.1, 0.15) is 5.82 Å². The smallest absolute Gasteiger partial charge is 0.185 e. The van der Waals surface area contributed by atoms with Gasteiger partial charge in [0.05, 0.1) is 0 Å². The van der Waals surface area contributed by atoms with Gasteiger partial charge >= 0.3 is 0 Å². The number of benzene rings is 1. The highest BCUT2D eigenvalue weighted by Crippen LogP contribution is 2.27. The van der Waals surface area contributed by atoms with Crippen LogP contribution in [0.25, 0.3) is 0 Å². The van der Waals surface area contributed by atoms with E-state index in [1.165, 1.54) is 6.07 Å². The lowest BCUT2D eigenvalue weighted by molar-refractivity contribution is 0.459. The lowest BCUT2D eigenvalue weighted by Gasteiger charge is -2.11. The summed E-state index contributed by atoms with van der Waals surface area (Å²) >= 11 is 0. The van der Waals surface area contributed by atoms with Crippen molar-refractivity contribution in [3.8, 4) is 0 Å². The zero-order valence-corrected chi connectivity index (χ0v) is 10.6. The lowest BCUT2D eigenvalue weighted by atomic mass is 10.2. The van der Waals surface area contributed by atoms with Crippen LogP contribution < -0.4 is 10.6 Å². The molecular formula is C12H10F4N4. The molecule has 106 valence electrons. The Hall–Kier alpha value is -2.38. The van der Waals surface area contributed by atoms with E-state index in [4.69, 9.17) is 0 Å². The van der Waals surface area contributed by atoms with Crippen molar-refractivity contribution in [2.75, 3.05) is 17.7 Å². The molecule has 20 heavy (non-hydrogen) atoms. The highest BCUT2D eigenvalue weighted by atomic mass is 19.2. The first-order valence-electron chi connectivity index (χ1n) is 5.56. The fraction of sp³-hybridized carbons (Fsp3) is 0.167. The summed E-state index contributed by atoms with van der Waals surface area (Å²) in [5, 5.41) is 4.94. The second kappa shape index (κ2) is 5.32. The average Bonchev–Trinajstić information content (AvgIpc) is 2.40. The van der Waals surface area contributed by atoms with Crippen LogP contribution in [0.5, 0.6) is 0 Å². The Kier molecular flexibility index (Phi) is 3.73. The van der Waals surface area contributed by atoms with Crippen LogP contribution in [-0.2, 0) is 0 Å². The van der Waals surface area contributed by atoms with E-state index in [-0.39, 0.29) is 11.9 Å². The Morgan fingerprint density at radius 3 is 2.00 bits per heavy atom. The highest BCUT2D eigenvalue weighted by molar-refractivity contribution is 5.60. The number of rotatable bonds is 3. The first kappa shape index (κ1) is 14.0. The van der Waals surface area contributed by atoms with Gasteiger partial charge in [0.25, 0.3) is 0 Å². The van der Waals surface area contributed by atoms with Crippen LogP contribution in [0.15, 0.2) is 12.1 Å². The molecule has 1 aromatic heterocycles. The lowest BCUT2D eigenvalue weighted by Crippen LogP contribution is -2.06. The predicted molar refractivity (Wildman–Crippen MR) is 65.9 cm³/mol. The second-order valence-electron chi connectivity index (χ2n) is 3.90. The Bertz CT molecular complexity index is 634. The third-order valence-corrected chi connectivity index (χ3v) is 2.46. The average molecular weight is 286 g/mol. The van der Waals surface area contributed by atoms with E-state index in [9.17, 15) is 17.6 Å². The summed E-state index contributed by atoms with van der Waals surface area (Å²) in [6.07, 6.45) is 0. The molecule has 4 nitrogen and oxygen atoms in total. The molecule has 0 aliphatic carbocycles. The summed E-state index contributed by atoms with van der Waals surface area (Å²) < 4.78 is 53.2. The minimum atomic E-state index is -1.52. The monoisotopic (exact) mass is 286 g/mol. The molecule has 0 unspecified atom stereocenters. The first-order chi connectivity index (χ1) is 9.42. The van der Waals surface area contributed by atoms with Gasteiger partial charge in [0.15, 0.2) is 23.3 Å². The van der Waals surface area contributed by atoms with Crippen molar-refractivity contribution < 1.29 is 17.6 Å². The molecule has 1 heterocycles. The third kappa shape index (κ3) is 2.63. The minimum Gasteiger partial charge on any atom is -0.373 e. The fourth-order valence-corrected chi connectivity index (χ4v) is 1.57. The quantitative estimate of drug-likeness (QED) is 0.672. The van der Waals surface area contributed by atoms with E-state index in [0.717, 1.165) is 0 Å². The van der Waals surface area contributed by atoms with Crippen molar-refractivity contribution in [2.24, 2.45) is 0 Å². The zero-order valence-electron chi connectivity index (χ0n) is 10.6. The molecular weight excluding hydrogens is 276 g/mol. The molecule has 0 aliphatic heterocycles. The summed E-state index contributed by atoms with van der Waals surface area (Å²) in [7, 11) is 1.59. The number of aromatic nitrogens is 2. The molecule has 8 heteroatoms. The number of halogens is 4. The first-order valence-corrected chi connectivity index (χ1v) is 5.56. The molecule has 0 bridgehead atoms. The molecule has 1 aromatic carbocycles. The number of nitrogens with zero attached hydrogens (tertiary/aromatic N) is 2. The maximum atomic E-state index is 13.5. The summed E-state index contributed by atoms with van der Waals surface area (Å²) in [5.41, 5.74) is -0.942. The van der Waals surface area contributed by atoms with Gasteiger partial charge in [-0.25, -0.2) is 27.5 Å². The Balaban J connectivity index is 2.47. The van der Waals surface area contributed by atoms with Gasteiger partial charge in [-0.15, -0.1) is 0 Å². The van der Waals surface area contributed by atoms with Gasteiger partial charge in [-0.3, -0.25) is 0 Å². The van der Waals surface area contributed by atoms with Gasteiger partial charge in [-0.1, -0.05) is 0 Å². The summed E-state index contributed by atoms with van der Waals surface area (Å²) in [6.45, 7) is 1.56. The number of hydrogen-bond acceptors (Lipinski definition) is 4. The maximum absolute atomic E-state index is 13.5. The number of nitrogens with one attached hydrogen (secondary N) is 2. The predicted octanol–water partition coefficient (Wildman–Crippen LogP) is 3.13. The van der Waals surface area contributed by atoms with Crippen molar-refractivity contribution >= 4 is 17.3 Å². The van der Waals surface area contributed by atoms with Crippen LogP contribution in [-0.4, -0.2) is 17.0 Å². The van der Waals surface area contributed by atoms with Gasteiger partial charge < -0.3 is 10.6 Å². The van der Waals surface area contributed by atoms with Crippen molar-refractivity contribution in [3.05, 3.63) is 41.2 Å². The molecule has 0 spiro atoms. The molecule has 0 saturated carbocycles. The van der Waals surface area contributed by atoms with E-state index in [0.29, 0.717) is 11.6 Å². The minimum absolute atomic E-state index is 0.00431. The van der Waals surface area contributed by atoms with Crippen LogP contribution in [0.2, 0.25) is 0 Å². The van der Waals surface area contributed by atoms with E-state index >= 15 is 0 Å². The van der Waals surface area contributed by atoms with Gasteiger partial charge in [0.2, 0.25) is 0 Å². The zero-order chi connectivity index (χ0) is 14.9. The second-order valence-corrected chi connectivity index (χ2v) is 3.90. The Labute approximate surface area is 111 Å². The number of anilines is 3. The standard InChI is InChI=1S/C12H10F4N4/c1-5-18-8(17-2)4-9(19-5)20-12-10(15)6(13)3-7(14)11(12)16/h3-4H,1-2H3,(H2,17,18,19,20). The molecule has 0 aliphatic rings. The molecule has 0 fully saturated rings. The van der Waals surface area contributed by atoms with Crippen molar-refractivity contribution in [1.29, 1.82) is 0 Å². The maximum Gasteiger partial charge on any atom is 0.185 e. The molecule has 2 aromatic rings. The molecule has 2 N–H and O–H groups in total. The third-order valence-electron chi connectivity index (χ3n) is 2.46. The van der Waals surface area contributed by atoms with Crippen LogP contribution in [0, 0.1) is 30.2 Å². The van der Waals surface area contributed by atoms with E-state index < -0.39 is 29.0 Å². The SMILES string of the molecule is CNc1cc(Nc2c(F)c(F)cc(F)c2F)nc(C)n1. The van der Waals surface area contributed by atoms with E-state index in [1.54, 1.807) is 14.0 Å². The largest absolute Gasteiger partial charge is 0.373 e. The molecule has 0 radical (unpaired) electrons. The number of hydrogen-bond donors (Lipinski definition) is 2. The molecule has 0 saturated heterocycles. The van der Waals surface area contributed by atoms with E-state index in [1.807, 2.05) is 0 Å². The van der Waals surface area contributed by atoms with Crippen molar-refractivity contribution in [1.82, 2.24) is 9.97 Å². The topological polar surface area (TPSA) is 49.8 Å². The number of aryl methyl sites for hydroxylation is 1. The molecule has 0 amide bonds. The van der Waals surface area contributed by atoms with Crippen molar-refractivity contribution in [3.63, 3.8) is 0 Å². The van der Waals surface area contributed by atoms with Gasteiger partial charge in [0, 0.05) is 19.2 Å². The molecule has 2 rings (SSSR count). The Morgan fingerprint density at radius 1 is 0.900 bits per heavy atom.